The zero-order valence-corrected chi connectivity index (χ0v) is 16.8. The van der Waals surface area contributed by atoms with Crippen LogP contribution < -0.4 is 10.4 Å². The van der Waals surface area contributed by atoms with E-state index in [1.807, 2.05) is 46.6 Å². The largest absolute Gasteiger partial charge is 0.498 e. The maximum atomic E-state index is 15.0. The molecule has 0 N–H and O–H groups in total. The molecule has 2 fully saturated rings. The molecule has 2 heterocycles. The van der Waals surface area contributed by atoms with Crippen LogP contribution in [0.15, 0.2) is 12.1 Å². The normalized spacial score (nSPS) is 25.1. The van der Waals surface area contributed by atoms with E-state index in [9.17, 15) is 14.5 Å². The molecule has 0 amide bonds. The molecule has 0 radical (unpaired) electrons. The molecule has 2 saturated heterocycles. The maximum Gasteiger partial charge on any atom is 0.498 e. The van der Waals surface area contributed by atoms with Gasteiger partial charge in [-0.2, -0.15) is 0 Å². The minimum atomic E-state index is -0.978. The lowest BCUT2D eigenvalue weighted by atomic mass is 9.78. The van der Waals surface area contributed by atoms with Crippen molar-refractivity contribution in [3.05, 3.63) is 28.1 Å². The highest BCUT2D eigenvalue weighted by Gasteiger charge is 2.53. The highest BCUT2D eigenvalue weighted by molar-refractivity contribution is 6.62. The van der Waals surface area contributed by atoms with Crippen LogP contribution in [0.25, 0.3) is 0 Å². The van der Waals surface area contributed by atoms with Gasteiger partial charge in [-0.1, -0.05) is 0 Å². The van der Waals surface area contributed by atoms with Gasteiger partial charge in [-0.3, -0.25) is 10.1 Å². The number of anilines is 1. The first-order valence-electron chi connectivity index (χ1n) is 9.21. The number of nitro benzene ring substituents is 1. The summed E-state index contributed by atoms with van der Waals surface area (Å²) in [5, 5.41) is 11.7. The van der Waals surface area contributed by atoms with E-state index in [0.717, 1.165) is 6.54 Å². The fraction of sp³-hybridized carbons (Fsp3) is 0.667. The fourth-order valence-electron chi connectivity index (χ4n) is 3.38. The monoisotopic (exact) mass is 379 g/mol. The average Bonchev–Trinajstić information content (AvgIpc) is 2.77. The first-order valence-corrected chi connectivity index (χ1v) is 9.21. The summed E-state index contributed by atoms with van der Waals surface area (Å²) < 4.78 is 26.7. The van der Waals surface area contributed by atoms with E-state index in [-0.39, 0.29) is 17.2 Å². The van der Waals surface area contributed by atoms with Gasteiger partial charge in [0.15, 0.2) is 0 Å². The molecule has 1 aromatic rings. The van der Waals surface area contributed by atoms with Crippen molar-refractivity contribution in [2.75, 3.05) is 31.6 Å². The second-order valence-corrected chi connectivity index (χ2v) is 8.48. The maximum absolute atomic E-state index is 15.0. The highest BCUT2D eigenvalue weighted by Crippen LogP contribution is 2.38. The Labute approximate surface area is 159 Å². The summed E-state index contributed by atoms with van der Waals surface area (Å²) >= 11 is 0. The number of rotatable bonds is 3. The van der Waals surface area contributed by atoms with E-state index >= 15 is 0 Å². The van der Waals surface area contributed by atoms with E-state index < -0.39 is 29.1 Å². The summed E-state index contributed by atoms with van der Waals surface area (Å²) in [5.74, 6) is -0.555. The third-order valence-corrected chi connectivity index (χ3v) is 6.10. The first kappa shape index (κ1) is 20.0. The molecule has 0 saturated carbocycles. The van der Waals surface area contributed by atoms with Crippen LogP contribution in [0.4, 0.5) is 15.8 Å². The van der Waals surface area contributed by atoms with Crippen molar-refractivity contribution in [2.45, 2.75) is 51.9 Å². The zero-order chi connectivity index (χ0) is 20.1. The Balaban J connectivity index is 1.98. The van der Waals surface area contributed by atoms with Crippen molar-refractivity contribution in [1.82, 2.24) is 4.90 Å². The second-order valence-electron chi connectivity index (χ2n) is 8.48. The number of likely N-dealkylation sites (N-methyl/N-ethyl adjacent to an activating group) is 1. The molecule has 9 heteroatoms. The topological polar surface area (TPSA) is 68.1 Å². The predicted octanol–water partition coefficient (Wildman–Crippen LogP) is 2.17. The molecule has 1 aromatic carbocycles. The van der Waals surface area contributed by atoms with Crippen molar-refractivity contribution in [2.24, 2.45) is 0 Å². The Morgan fingerprint density at radius 2 is 1.81 bits per heavy atom. The lowest BCUT2D eigenvalue weighted by Crippen LogP contribution is -2.50. The van der Waals surface area contributed by atoms with Crippen LogP contribution in [0.2, 0.25) is 0 Å². The van der Waals surface area contributed by atoms with Gasteiger partial charge in [0.1, 0.15) is 11.5 Å². The van der Waals surface area contributed by atoms with Crippen LogP contribution in [0.3, 0.4) is 0 Å². The molecule has 3 rings (SSSR count). The van der Waals surface area contributed by atoms with Gasteiger partial charge in [0.2, 0.25) is 0 Å². The van der Waals surface area contributed by atoms with Gasteiger partial charge in [0.25, 0.3) is 5.69 Å². The average molecular weight is 379 g/mol. The minimum Gasteiger partial charge on any atom is -0.399 e. The lowest BCUT2D eigenvalue weighted by molar-refractivity contribution is -0.384. The van der Waals surface area contributed by atoms with Crippen LogP contribution >= 0.6 is 0 Å². The van der Waals surface area contributed by atoms with E-state index in [4.69, 9.17) is 9.31 Å². The van der Waals surface area contributed by atoms with Crippen molar-refractivity contribution in [3.8, 4) is 0 Å². The van der Waals surface area contributed by atoms with E-state index in [2.05, 4.69) is 4.90 Å². The van der Waals surface area contributed by atoms with Gasteiger partial charge in [-0.15, -0.1) is 0 Å². The van der Waals surface area contributed by atoms with Crippen LogP contribution in [0.1, 0.15) is 34.6 Å². The van der Waals surface area contributed by atoms with Gasteiger partial charge in [0, 0.05) is 43.3 Å². The standard InChI is InChI=1S/C18H27BFN3O4/c1-12-11-22(8-7-21(12)6)15-10-14(20)13(9-16(15)23(24)25)19-26-17(2,3)18(4,5)27-19/h9-10,12H,7-8,11H2,1-6H3/t12-/m0/s1. The Hall–Kier alpha value is -1.71. The van der Waals surface area contributed by atoms with Crippen molar-refractivity contribution >= 4 is 24.0 Å². The number of nitrogens with zero attached hydrogens (tertiary/aromatic N) is 3. The zero-order valence-electron chi connectivity index (χ0n) is 16.8. The Kier molecular flexibility index (Phi) is 4.99. The second kappa shape index (κ2) is 6.72. The van der Waals surface area contributed by atoms with Gasteiger partial charge >= 0.3 is 7.12 Å². The van der Waals surface area contributed by atoms with E-state index in [1.54, 1.807) is 0 Å². The van der Waals surface area contributed by atoms with E-state index in [0.29, 0.717) is 18.8 Å². The molecule has 148 valence electrons. The predicted molar refractivity (Wildman–Crippen MR) is 103 cm³/mol. The smallest absolute Gasteiger partial charge is 0.399 e. The van der Waals surface area contributed by atoms with Crippen LogP contribution in [0.5, 0.6) is 0 Å². The van der Waals surface area contributed by atoms with Gasteiger partial charge in [-0.25, -0.2) is 4.39 Å². The molecule has 0 spiro atoms. The molecule has 2 aliphatic heterocycles. The molecule has 27 heavy (non-hydrogen) atoms. The summed E-state index contributed by atoms with van der Waals surface area (Å²) in [6.45, 7) is 11.5. The lowest BCUT2D eigenvalue weighted by Gasteiger charge is -2.38. The van der Waals surface area contributed by atoms with Crippen LogP contribution in [-0.4, -0.2) is 60.9 Å². The van der Waals surface area contributed by atoms with Crippen molar-refractivity contribution < 1.29 is 18.6 Å². The SMILES string of the molecule is C[C@H]1CN(c2cc(F)c(B3OC(C)(C)C(C)(C)O3)cc2[N+](=O)[O-])CCN1C. The first-order chi connectivity index (χ1) is 12.4. The Morgan fingerprint density at radius 3 is 2.33 bits per heavy atom. The summed E-state index contributed by atoms with van der Waals surface area (Å²) in [6.07, 6.45) is 0. The van der Waals surface area contributed by atoms with Crippen molar-refractivity contribution in [1.29, 1.82) is 0 Å². The molecule has 1 atom stereocenters. The number of hydrogen-bond acceptors (Lipinski definition) is 6. The van der Waals surface area contributed by atoms with E-state index in [1.165, 1.54) is 12.1 Å². The number of nitro groups is 1. The third-order valence-electron chi connectivity index (χ3n) is 6.10. The molecule has 0 aromatic heterocycles. The fourth-order valence-corrected chi connectivity index (χ4v) is 3.38. The molecule has 0 bridgehead atoms. The molecule has 2 aliphatic rings. The van der Waals surface area contributed by atoms with Crippen molar-refractivity contribution in [3.63, 3.8) is 0 Å². The molecular formula is C18H27BFN3O4. The quantitative estimate of drug-likeness (QED) is 0.456. The van der Waals surface area contributed by atoms with Gasteiger partial charge in [0.05, 0.1) is 16.1 Å². The number of hydrogen-bond donors (Lipinski definition) is 0. The Morgan fingerprint density at radius 1 is 1.22 bits per heavy atom. The number of halogens is 1. The third kappa shape index (κ3) is 3.55. The molecule has 0 unspecified atom stereocenters. The Bertz CT molecular complexity index is 742. The summed E-state index contributed by atoms with van der Waals surface area (Å²) in [7, 11) is 1.03. The summed E-state index contributed by atoms with van der Waals surface area (Å²) in [6, 6.07) is 2.73. The van der Waals surface area contributed by atoms with Gasteiger partial charge < -0.3 is 19.1 Å². The number of piperazine rings is 1. The van der Waals surface area contributed by atoms with Crippen LogP contribution in [-0.2, 0) is 9.31 Å². The minimum absolute atomic E-state index is 0.0614. The highest BCUT2D eigenvalue weighted by atomic mass is 19.1. The molecule has 7 nitrogen and oxygen atoms in total. The number of benzene rings is 1. The summed E-state index contributed by atoms with van der Waals surface area (Å²) in [5.41, 5.74) is -1.06. The van der Waals surface area contributed by atoms with Gasteiger partial charge in [-0.05, 0) is 41.7 Å². The molecular weight excluding hydrogens is 352 g/mol. The summed E-state index contributed by atoms with van der Waals surface area (Å²) in [4.78, 5) is 15.3. The molecule has 0 aliphatic carbocycles. The van der Waals surface area contributed by atoms with Crippen LogP contribution in [0, 0.1) is 15.9 Å².